The zero-order valence-electron chi connectivity index (χ0n) is 13.6. The fourth-order valence-corrected chi connectivity index (χ4v) is 4.02. The molecule has 0 spiro atoms. The van der Waals surface area contributed by atoms with Crippen LogP contribution in [0.25, 0.3) is 0 Å². The number of nitrogens with zero attached hydrogens (tertiary/aromatic N) is 1. The molecule has 0 aromatic heterocycles. The normalized spacial score (nSPS) is 24.7. The number of carbonyl (C=O) groups excluding carboxylic acids is 3. The minimum atomic E-state index is -0.345. The second-order valence-corrected chi connectivity index (χ2v) is 6.98. The van der Waals surface area contributed by atoms with Gasteiger partial charge in [-0.3, -0.25) is 19.3 Å². The Bertz CT molecular complexity index is 652. The fraction of sp³-hybridized carbons (Fsp3) is 0.500. The molecule has 0 unspecified atom stereocenters. The largest absolute Gasteiger partial charge is 0.348 e. The number of likely N-dealkylation sites (tertiary alicyclic amines) is 1. The third-order valence-electron chi connectivity index (χ3n) is 4.98. The molecule has 1 heterocycles. The number of nitrogens with one attached hydrogen (secondary N) is 1. The molecule has 1 aromatic carbocycles. The van der Waals surface area contributed by atoms with E-state index in [-0.39, 0.29) is 42.1 Å². The van der Waals surface area contributed by atoms with Gasteiger partial charge in [-0.2, -0.15) is 0 Å². The maximum atomic E-state index is 12.4. The number of fused-ring (bicyclic) bond motifs is 1. The lowest BCUT2D eigenvalue weighted by Crippen LogP contribution is -2.41. The van der Waals surface area contributed by atoms with Gasteiger partial charge in [-0.05, 0) is 31.4 Å². The van der Waals surface area contributed by atoms with Gasteiger partial charge >= 0.3 is 0 Å². The second kappa shape index (κ2) is 6.93. The van der Waals surface area contributed by atoms with E-state index in [0.717, 1.165) is 36.1 Å². The second-order valence-electron chi connectivity index (χ2n) is 6.57. The molecule has 24 heavy (non-hydrogen) atoms. The van der Waals surface area contributed by atoms with Crippen LogP contribution >= 0.6 is 11.6 Å². The summed E-state index contributed by atoms with van der Waals surface area (Å²) in [5.41, 5.74) is 0.806. The Labute approximate surface area is 146 Å². The van der Waals surface area contributed by atoms with Gasteiger partial charge in [0.2, 0.25) is 17.7 Å². The monoisotopic (exact) mass is 348 g/mol. The maximum Gasteiger partial charge on any atom is 0.240 e. The Morgan fingerprint density at radius 3 is 2.38 bits per heavy atom. The molecular weight excluding hydrogens is 328 g/mol. The lowest BCUT2D eigenvalue weighted by molar-refractivity contribution is -0.143. The summed E-state index contributed by atoms with van der Waals surface area (Å²) in [4.78, 5) is 38.2. The summed E-state index contributed by atoms with van der Waals surface area (Å²) in [5, 5.41) is 3.39. The molecule has 1 aliphatic heterocycles. The molecule has 1 aromatic rings. The predicted molar refractivity (Wildman–Crippen MR) is 90.2 cm³/mol. The van der Waals surface area contributed by atoms with Crippen LogP contribution in [0.1, 0.15) is 44.2 Å². The number of carbonyl (C=O) groups is 3. The molecule has 3 rings (SSSR count). The first-order valence-electron chi connectivity index (χ1n) is 8.38. The summed E-state index contributed by atoms with van der Waals surface area (Å²) in [6.45, 7) is 1.62. The predicted octanol–water partition coefficient (Wildman–Crippen LogP) is 2.69. The Morgan fingerprint density at radius 2 is 1.79 bits per heavy atom. The van der Waals surface area contributed by atoms with E-state index in [1.807, 2.05) is 25.1 Å². The van der Waals surface area contributed by atoms with Gasteiger partial charge < -0.3 is 5.32 Å². The van der Waals surface area contributed by atoms with E-state index < -0.39 is 0 Å². The summed E-state index contributed by atoms with van der Waals surface area (Å²) in [6, 6.07) is 6.98. The van der Waals surface area contributed by atoms with Gasteiger partial charge in [0.15, 0.2) is 0 Å². The van der Waals surface area contributed by atoms with Crippen LogP contribution in [0.15, 0.2) is 24.3 Å². The molecule has 1 N–H and O–H groups in total. The van der Waals surface area contributed by atoms with Crippen molar-refractivity contribution < 1.29 is 14.4 Å². The molecule has 1 saturated carbocycles. The zero-order chi connectivity index (χ0) is 17.3. The van der Waals surface area contributed by atoms with Gasteiger partial charge in [-0.15, -0.1) is 0 Å². The Hall–Kier alpha value is -1.88. The van der Waals surface area contributed by atoms with Gasteiger partial charge in [0.25, 0.3) is 0 Å². The van der Waals surface area contributed by atoms with E-state index in [0.29, 0.717) is 5.02 Å². The third-order valence-corrected chi connectivity index (χ3v) is 5.33. The van der Waals surface area contributed by atoms with Crippen molar-refractivity contribution in [3.05, 3.63) is 34.9 Å². The standard InChI is InChI=1S/C18H21ClN2O3/c1-11(12-6-4-5-9-15(12)19)20-16(22)10-21-17(23)13-7-2-3-8-14(13)18(21)24/h4-6,9,11,13-14H,2-3,7-8,10H2,1H3,(H,20,22)/t11-,13-,14-/m0/s1. The summed E-state index contributed by atoms with van der Waals surface area (Å²) in [5.74, 6) is -1.17. The lowest BCUT2D eigenvalue weighted by atomic mass is 9.81. The molecule has 1 saturated heterocycles. The van der Waals surface area contributed by atoms with Crippen LogP contribution in [-0.2, 0) is 14.4 Å². The van der Waals surface area contributed by atoms with Gasteiger partial charge in [0.1, 0.15) is 6.54 Å². The van der Waals surface area contributed by atoms with Crippen LogP contribution in [0.5, 0.6) is 0 Å². The Balaban J connectivity index is 1.63. The molecule has 2 aliphatic rings. The van der Waals surface area contributed by atoms with Crippen molar-refractivity contribution in [2.45, 2.75) is 38.6 Å². The highest BCUT2D eigenvalue weighted by Crippen LogP contribution is 2.37. The van der Waals surface area contributed by atoms with E-state index in [4.69, 9.17) is 11.6 Å². The lowest BCUT2D eigenvalue weighted by Gasteiger charge is -2.19. The molecule has 1 aliphatic carbocycles. The van der Waals surface area contributed by atoms with Crippen molar-refractivity contribution in [3.63, 3.8) is 0 Å². The first kappa shape index (κ1) is 17.0. The van der Waals surface area contributed by atoms with Crippen LogP contribution < -0.4 is 5.32 Å². The topological polar surface area (TPSA) is 66.5 Å². The molecule has 5 nitrogen and oxygen atoms in total. The van der Waals surface area contributed by atoms with Gasteiger partial charge in [-0.25, -0.2) is 0 Å². The van der Waals surface area contributed by atoms with Crippen molar-refractivity contribution >= 4 is 29.3 Å². The summed E-state index contributed by atoms with van der Waals surface area (Å²) in [7, 11) is 0. The number of rotatable bonds is 4. The van der Waals surface area contributed by atoms with E-state index in [9.17, 15) is 14.4 Å². The molecule has 0 radical (unpaired) electrons. The van der Waals surface area contributed by atoms with Crippen molar-refractivity contribution in [1.29, 1.82) is 0 Å². The first-order chi connectivity index (χ1) is 11.5. The summed E-state index contributed by atoms with van der Waals surface area (Å²) < 4.78 is 0. The number of hydrogen-bond donors (Lipinski definition) is 1. The smallest absolute Gasteiger partial charge is 0.240 e. The SMILES string of the molecule is C[C@H](NC(=O)CN1C(=O)[C@H]2CCCC[C@@H]2C1=O)c1ccccc1Cl. The van der Waals surface area contributed by atoms with Crippen molar-refractivity contribution in [1.82, 2.24) is 10.2 Å². The number of amides is 3. The fourth-order valence-electron chi connectivity index (χ4n) is 3.72. The Morgan fingerprint density at radius 1 is 1.21 bits per heavy atom. The molecule has 2 fully saturated rings. The summed E-state index contributed by atoms with van der Waals surface area (Å²) in [6.07, 6.45) is 3.46. The highest BCUT2D eigenvalue weighted by Gasteiger charge is 2.48. The average Bonchev–Trinajstić information content (AvgIpc) is 2.80. The number of benzene rings is 1. The summed E-state index contributed by atoms with van der Waals surface area (Å²) >= 11 is 6.13. The van der Waals surface area contributed by atoms with E-state index in [1.54, 1.807) is 6.07 Å². The highest BCUT2D eigenvalue weighted by molar-refractivity contribution is 6.31. The van der Waals surface area contributed by atoms with Crippen molar-refractivity contribution in [2.24, 2.45) is 11.8 Å². The minimum Gasteiger partial charge on any atom is -0.348 e. The number of halogens is 1. The molecule has 3 amide bonds. The van der Waals surface area contributed by atoms with Crippen LogP contribution in [-0.4, -0.2) is 29.2 Å². The third kappa shape index (κ3) is 3.18. The van der Waals surface area contributed by atoms with Gasteiger partial charge in [-0.1, -0.05) is 42.6 Å². The van der Waals surface area contributed by atoms with Crippen LogP contribution in [0.4, 0.5) is 0 Å². The quantitative estimate of drug-likeness (QED) is 0.851. The number of imide groups is 1. The molecule has 6 heteroatoms. The van der Waals surface area contributed by atoms with Crippen molar-refractivity contribution in [2.75, 3.05) is 6.54 Å². The van der Waals surface area contributed by atoms with E-state index in [2.05, 4.69) is 5.32 Å². The van der Waals surface area contributed by atoms with Gasteiger partial charge in [0, 0.05) is 5.02 Å². The number of hydrogen-bond acceptors (Lipinski definition) is 3. The minimum absolute atomic E-state index is 0.190. The van der Waals surface area contributed by atoms with Gasteiger partial charge in [0.05, 0.1) is 17.9 Å². The molecule has 128 valence electrons. The van der Waals surface area contributed by atoms with Crippen LogP contribution in [0, 0.1) is 11.8 Å². The molecule has 0 bridgehead atoms. The Kier molecular flexibility index (Phi) is 4.90. The van der Waals surface area contributed by atoms with E-state index in [1.165, 1.54) is 0 Å². The van der Waals surface area contributed by atoms with Crippen LogP contribution in [0.2, 0.25) is 5.02 Å². The van der Waals surface area contributed by atoms with Crippen molar-refractivity contribution in [3.8, 4) is 0 Å². The molecule has 3 atom stereocenters. The average molecular weight is 349 g/mol. The zero-order valence-corrected chi connectivity index (χ0v) is 14.4. The maximum absolute atomic E-state index is 12.4. The van der Waals surface area contributed by atoms with Crippen LogP contribution in [0.3, 0.4) is 0 Å². The highest BCUT2D eigenvalue weighted by atomic mass is 35.5. The van der Waals surface area contributed by atoms with E-state index >= 15 is 0 Å². The molecular formula is C18H21ClN2O3. The first-order valence-corrected chi connectivity index (χ1v) is 8.76.